The van der Waals surface area contributed by atoms with E-state index < -0.39 is 12.0 Å². The molecule has 1 rings (SSSR count). The summed E-state index contributed by atoms with van der Waals surface area (Å²) in [5.41, 5.74) is 0.112. The van der Waals surface area contributed by atoms with E-state index in [0.717, 1.165) is 0 Å². The highest BCUT2D eigenvalue weighted by atomic mass is 16.4. The first-order valence-electron chi connectivity index (χ1n) is 5.78. The summed E-state index contributed by atoms with van der Waals surface area (Å²) in [4.78, 5) is 22.8. The van der Waals surface area contributed by atoms with Crippen molar-refractivity contribution in [2.45, 2.75) is 40.2 Å². The zero-order valence-electron chi connectivity index (χ0n) is 11.1. The molecule has 0 bridgehead atoms. The van der Waals surface area contributed by atoms with Crippen molar-refractivity contribution < 1.29 is 19.1 Å². The second-order valence-corrected chi connectivity index (χ2v) is 5.38. The van der Waals surface area contributed by atoms with Crippen LogP contribution in [0.1, 0.15) is 43.3 Å². The van der Waals surface area contributed by atoms with Crippen LogP contribution in [0.2, 0.25) is 0 Å². The van der Waals surface area contributed by atoms with Gasteiger partial charge in [-0.15, -0.1) is 0 Å². The lowest BCUT2D eigenvalue weighted by Gasteiger charge is -2.30. The third-order valence-corrected chi connectivity index (χ3v) is 2.83. The minimum absolute atomic E-state index is 0.105. The highest BCUT2D eigenvalue weighted by Gasteiger charge is 2.29. The Morgan fingerprint density at radius 3 is 2.44 bits per heavy atom. The Morgan fingerprint density at radius 1 is 1.44 bits per heavy atom. The molecule has 0 aliphatic heterocycles. The summed E-state index contributed by atoms with van der Waals surface area (Å²) in [5.74, 6) is -0.711. The summed E-state index contributed by atoms with van der Waals surface area (Å²) in [6.45, 7) is 7.37. The van der Waals surface area contributed by atoms with Crippen LogP contribution in [0.4, 0.5) is 0 Å². The number of nitrogens with one attached hydrogen (secondary N) is 1. The van der Waals surface area contributed by atoms with Gasteiger partial charge in [0.25, 0.3) is 5.91 Å². The molecular formula is C13H19NO4. The van der Waals surface area contributed by atoms with Crippen molar-refractivity contribution in [3.8, 4) is 0 Å². The number of aliphatic carboxylic acids is 1. The molecule has 1 atom stereocenters. The molecule has 1 aromatic rings. The van der Waals surface area contributed by atoms with Crippen molar-refractivity contribution >= 4 is 11.9 Å². The van der Waals surface area contributed by atoms with Crippen LogP contribution in [-0.2, 0) is 4.79 Å². The first kappa shape index (κ1) is 14.3. The maximum atomic E-state index is 12.0. The van der Waals surface area contributed by atoms with Crippen LogP contribution in [0.5, 0.6) is 0 Å². The molecule has 1 heterocycles. The first-order valence-corrected chi connectivity index (χ1v) is 5.78. The van der Waals surface area contributed by atoms with Crippen molar-refractivity contribution in [1.29, 1.82) is 0 Å². The normalized spacial score (nSPS) is 13.1. The van der Waals surface area contributed by atoms with Gasteiger partial charge in [0.2, 0.25) is 0 Å². The Labute approximate surface area is 106 Å². The monoisotopic (exact) mass is 253 g/mol. The largest absolute Gasteiger partial charge is 0.481 e. The summed E-state index contributed by atoms with van der Waals surface area (Å²) in [5, 5.41) is 11.6. The van der Waals surface area contributed by atoms with Crippen LogP contribution in [0.15, 0.2) is 16.7 Å². The van der Waals surface area contributed by atoms with E-state index in [0.29, 0.717) is 11.3 Å². The van der Waals surface area contributed by atoms with Gasteiger partial charge in [-0.05, 0) is 18.4 Å². The topological polar surface area (TPSA) is 79.5 Å². The van der Waals surface area contributed by atoms with Crippen molar-refractivity contribution in [3.05, 3.63) is 23.7 Å². The minimum atomic E-state index is -0.931. The highest BCUT2D eigenvalue weighted by Crippen LogP contribution is 2.22. The van der Waals surface area contributed by atoms with E-state index in [1.165, 1.54) is 6.26 Å². The van der Waals surface area contributed by atoms with Crippen LogP contribution >= 0.6 is 0 Å². The molecule has 1 unspecified atom stereocenters. The van der Waals surface area contributed by atoms with Gasteiger partial charge in [-0.3, -0.25) is 9.59 Å². The number of furan rings is 1. The van der Waals surface area contributed by atoms with Gasteiger partial charge in [-0.1, -0.05) is 20.8 Å². The van der Waals surface area contributed by atoms with E-state index in [1.54, 1.807) is 13.0 Å². The fourth-order valence-electron chi connectivity index (χ4n) is 1.60. The van der Waals surface area contributed by atoms with Crippen LogP contribution in [0.3, 0.4) is 0 Å². The first-order chi connectivity index (χ1) is 8.21. The minimum Gasteiger partial charge on any atom is -0.481 e. The van der Waals surface area contributed by atoms with Crippen molar-refractivity contribution in [1.82, 2.24) is 5.32 Å². The third-order valence-electron chi connectivity index (χ3n) is 2.83. The predicted octanol–water partition coefficient (Wildman–Crippen LogP) is 2.21. The van der Waals surface area contributed by atoms with Gasteiger partial charge >= 0.3 is 5.97 Å². The molecule has 1 aromatic heterocycles. The molecule has 5 nitrogen and oxygen atoms in total. The van der Waals surface area contributed by atoms with Gasteiger partial charge in [-0.2, -0.15) is 0 Å². The third kappa shape index (κ3) is 3.61. The predicted molar refractivity (Wildman–Crippen MR) is 66.4 cm³/mol. The van der Waals surface area contributed by atoms with E-state index in [4.69, 9.17) is 9.52 Å². The second-order valence-electron chi connectivity index (χ2n) is 5.38. The van der Waals surface area contributed by atoms with Crippen LogP contribution < -0.4 is 5.32 Å². The molecule has 0 saturated heterocycles. The fourth-order valence-corrected chi connectivity index (χ4v) is 1.60. The SMILES string of the molecule is Cc1occc1C(=O)NC(CC(=O)O)C(C)(C)C. The van der Waals surface area contributed by atoms with Crippen LogP contribution in [-0.4, -0.2) is 23.0 Å². The van der Waals surface area contributed by atoms with Gasteiger partial charge in [0.05, 0.1) is 18.2 Å². The summed E-state index contributed by atoms with van der Waals surface area (Å²) in [6.07, 6.45) is 1.33. The van der Waals surface area contributed by atoms with Crippen molar-refractivity contribution in [2.24, 2.45) is 5.41 Å². The lowest BCUT2D eigenvalue weighted by atomic mass is 9.84. The summed E-state index contributed by atoms with van der Waals surface area (Å²) >= 11 is 0. The molecule has 0 saturated carbocycles. The molecule has 1 amide bonds. The number of hydrogen-bond donors (Lipinski definition) is 2. The average Bonchev–Trinajstić information content (AvgIpc) is 2.61. The fraction of sp³-hybridized carbons (Fsp3) is 0.538. The number of carboxylic acids is 1. The molecule has 0 fully saturated rings. The summed E-state index contributed by atoms with van der Waals surface area (Å²) < 4.78 is 5.06. The van der Waals surface area contributed by atoms with Gasteiger partial charge in [0.15, 0.2) is 0 Å². The molecule has 0 aliphatic rings. The number of amides is 1. The van der Waals surface area contributed by atoms with Gasteiger partial charge in [0.1, 0.15) is 5.76 Å². The Kier molecular flexibility index (Phi) is 4.16. The van der Waals surface area contributed by atoms with Crippen LogP contribution in [0.25, 0.3) is 0 Å². The number of carbonyl (C=O) groups excluding carboxylic acids is 1. The number of hydrogen-bond acceptors (Lipinski definition) is 3. The Hall–Kier alpha value is -1.78. The summed E-state index contributed by atoms with van der Waals surface area (Å²) in [7, 11) is 0. The molecule has 0 spiro atoms. The zero-order valence-corrected chi connectivity index (χ0v) is 11.1. The van der Waals surface area contributed by atoms with Gasteiger partial charge in [-0.25, -0.2) is 0 Å². The Balaban J connectivity index is 2.82. The average molecular weight is 253 g/mol. The number of rotatable bonds is 4. The molecular weight excluding hydrogens is 234 g/mol. The Bertz CT molecular complexity index is 442. The lowest BCUT2D eigenvalue weighted by Crippen LogP contribution is -2.45. The molecule has 100 valence electrons. The molecule has 18 heavy (non-hydrogen) atoms. The maximum absolute atomic E-state index is 12.0. The van der Waals surface area contributed by atoms with E-state index in [2.05, 4.69) is 5.32 Å². The highest BCUT2D eigenvalue weighted by molar-refractivity contribution is 5.95. The molecule has 5 heteroatoms. The van der Waals surface area contributed by atoms with Crippen molar-refractivity contribution in [3.63, 3.8) is 0 Å². The zero-order chi connectivity index (χ0) is 13.9. The smallest absolute Gasteiger partial charge is 0.305 e. The maximum Gasteiger partial charge on any atom is 0.305 e. The van der Waals surface area contributed by atoms with Gasteiger partial charge < -0.3 is 14.8 Å². The van der Waals surface area contributed by atoms with E-state index >= 15 is 0 Å². The van der Waals surface area contributed by atoms with Crippen LogP contribution in [0, 0.1) is 12.3 Å². The van der Waals surface area contributed by atoms with E-state index in [1.807, 2.05) is 20.8 Å². The van der Waals surface area contributed by atoms with E-state index in [9.17, 15) is 9.59 Å². The molecule has 0 aromatic carbocycles. The van der Waals surface area contributed by atoms with E-state index in [-0.39, 0.29) is 17.7 Å². The second kappa shape index (κ2) is 5.25. The number of carboxylic acid groups (broad SMARTS) is 1. The standard InChI is InChI=1S/C13H19NO4/c1-8-9(5-6-18-8)12(17)14-10(7-11(15)16)13(2,3)4/h5-6,10H,7H2,1-4H3,(H,14,17)(H,15,16). The Morgan fingerprint density at radius 2 is 2.06 bits per heavy atom. The number of carbonyl (C=O) groups is 2. The quantitative estimate of drug-likeness (QED) is 0.862. The van der Waals surface area contributed by atoms with Gasteiger partial charge in [0, 0.05) is 6.04 Å². The number of aryl methyl sites for hydroxylation is 1. The molecule has 0 radical (unpaired) electrons. The lowest BCUT2D eigenvalue weighted by molar-refractivity contribution is -0.138. The molecule has 2 N–H and O–H groups in total. The molecule has 0 aliphatic carbocycles. The van der Waals surface area contributed by atoms with Crippen molar-refractivity contribution in [2.75, 3.05) is 0 Å². The summed E-state index contributed by atoms with van der Waals surface area (Å²) in [6, 6.07) is 1.14.